The number of halogens is 1. The van der Waals surface area contributed by atoms with Crippen molar-refractivity contribution in [3.63, 3.8) is 0 Å². The van der Waals surface area contributed by atoms with E-state index in [-0.39, 0.29) is 0 Å². The van der Waals surface area contributed by atoms with Crippen molar-refractivity contribution in [2.75, 3.05) is 25.5 Å². The van der Waals surface area contributed by atoms with Crippen molar-refractivity contribution in [2.24, 2.45) is 11.8 Å². The second-order valence-electron chi connectivity index (χ2n) is 5.15. The highest BCUT2D eigenvalue weighted by Crippen LogP contribution is 2.22. The Balaban J connectivity index is 2.26. The van der Waals surface area contributed by atoms with E-state index in [0.29, 0.717) is 5.92 Å². The van der Waals surface area contributed by atoms with Crippen LogP contribution in [0.25, 0.3) is 0 Å². The summed E-state index contributed by atoms with van der Waals surface area (Å²) in [4.78, 5) is 2.61. The van der Waals surface area contributed by atoms with Gasteiger partial charge in [0, 0.05) is 12.4 Å². The van der Waals surface area contributed by atoms with E-state index in [0.717, 1.165) is 11.8 Å². The standard InChI is InChI=1S/C13H26ClN/c1-3-5-13-6-4-8-15(9-7-13)11-12(2)10-14/h12-13H,3-11H2,1-2H3. The summed E-state index contributed by atoms with van der Waals surface area (Å²) in [5.41, 5.74) is 0. The third-order valence-corrected chi connectivity index (χ3v) is 4.00. The lowest BCUT2D eigenvalue weighted by molar-refractivity contribution is 0.250. The monoisotopic (exact) mass is 231 g/mol. The highest BCUT2D eigenvalue weighted by atomic mass is 35.5. The molecule has 2 unspecified atom stereocenters. The Kier molecular flexibility index (Phi) is 6.67. The van der Waals surface area contributed by atoms with Crippen LogP contribution >= 0.6 is 11.6 Å². The minimum Gasteiger partial charge on any atom is -0.303 e. The Morgan fingerprint density at radius 2 is 2.13 bits per heavy atom. The van der Waals surface area contributed by atoms with Crippen LogP contribution in [0.5, 0.6) is 0 Å². The number of hydrogen-bond donors (Lipinski definition) is 0. The molecular weight excluding hydrogens is 206 g/mol. The molecule has 0 aromatic rings. The van der Waals surface area contributed by atoms with E-state index in [1.54, 1.807) is 0 Å². The fourth-order valence-electron chi connectivity index (χ4n) is 2.59. The summed E-state index contributed by atoms with van der Waals surface area (Å²) in [7, 11) is 0. The summed E-state index contributed by atoms with van der Waals surface area (Å²) in [5, 5.41) is 0. The Morgan fingerprint density at radius 3 is 2.80 bits per heavy atom. The van der Waals surface area contributed by atoms with Gasteiger partial charge in [0.1, 0.15) is 0 Å². The average molecular weight is 232 g/mol. The first-order valence-corrected chi connectivity index (χ1v) is 7.08. The van der Waals surface area contributed by atoms with Gasteiger partial charge in [-0.15, -0.1) is 11.6 Å². The molecule has 1 nitrogen and oxygen atoms in total. The average Bonchev–Trinajstić information content (AvgIpc) is 2.45. The van der Waals surface area contributed by atoms with Crippen LogP contribution in [0.15, 0.2) is 0 Å². The molecule has 0 saturated carbocycles. The number of nitrogens with zero attached hydrogens (tertiary/aromatic N) is 1. The van der Waals surface area contributed by atoms with E-state index in [4.69, 9.17) is 11.6 Å². The van der Waals surface area contributed by atoms with Crippen LogP contribution in [0, 0.1) is 11.8 Å². The van der Waals surface area contributed by atoms with Gasteiger partial charge < -0.3 is 4.90 Å². The molecule has 0 radical (unpaired) electrons. The maximum absolute atomic E-state index is 5.86. The van der Waals surface area contributed by atoms with Crippen molar-refractivity contribution in [2.45, 2.75) is 46.0 Å². The lowest BCUT2D eigenvalue weighted by Gasteiger charge is -2.22. The molecule has 90 valence electrons. The third kappa shape index (κ3) is 5.21. The molecule has 1 aliphatic heterocycles. The van der Waals surface area contributed by atoms with Gasteiger partial charge in [0.25, 0.3) is 0 Å². The van der Waals surface area contributed by atoms with Gasteiger partial charge in [0.2, 0.25) is 0 Å². The molecule has 0 aromatic heterocycles. The third-order valence-electron chi connectivity index (χ3n) is 3.47. The number of alkyl halides is 1. The first-order valence-electron chi connectivity index (χ1n) is 6.54. The second kappa shape index (κ2) is 7.51. The molecular formula is C13H26ClN. The molecule has 0 N–H and O–H groups in total. The Morgan fingerprint density at radius 1 is 1.33 bits per heavy atom. The first kappa shape index (κ1) is 13.3. The molecule has 1 saturated heterocycles. The van der Waals surface area contributed by atoms with Crippen LogP contribution in [0.4, 0.5) is 0 Å². The summed E-state index contributed by atoms with van der Waals surface area (Å²) in [6.07, 6.45) is 7.02. The SMILES string of the molecule is CCCC1CCCN(CC(C)CCl)CC1. The number of likely N-dealkylation sites (tertiary alicyclic amines) is 1. The molecule has 2 atom stereocenters. The van der Waals surface area contributed by atoms with Crippen molar-refractivity contribution >= 4 is 11.6 Å². The van der Waals surface area contributed by atoms with Crippen LogP contribution in [0.1, 0.15) is 46.0 Å². The van der Waals surface area contributed by atoms with Crippen molar-refractivity contribution in [3.8, 4) is 0 Å². The molecule has 0 spiro atoms. The highest BCUT2D eigenvalue weighted by molar-refractivity contribution is 6.18. The van der Waals surface area contributed by atoms with Crippen LogP contribution in [0.3, 0.4) is 0 Å². The normalized spacial score (nSPS) is 26.2. The maximum Gasteiger partial charge on any atom is 0.0261 e. The van der Waals surface area contributed by atoms with Crippen LogP contribution in [-0.2, 0) is 0 Å². The van der Waals surface area contributed by atoms with Gasteiger partial charge >= 0.3 is 0 Å². The van der Waals surface area contributed by atoms with Crippen LogP contribution < -0.4 is 0 Å². The molecule has 0 amide bonds. The van der Waals surface area contributed by atoms with Crippen molar-refractivity contribution in [1.29, 1.82) is 0 Å². The zero-order valence-electron chi connectivity index (χ0n) is 10.3. The van der Waals surface area contributed by atoms with Crippen molar-refractivity contribution in [1.82, 2.24) is 4.90 Å². The van der Waals surface area contributed by atoms with Gasteiger partial charge in [-0.3, -0.25) is 0 Å². The molecule has 1 rings (SSSR count). The lowest BCUT2D eigenvalue weighted by atomic mass is 9.96. The maximum atomic E-state index is 5.86. The molecule has 1 fully saturated rings. The van der Waals surface area contributed by atoms with E-state index < -0.39 is 0 Å². The number of rotatable bonds is 5. The van der Waals surface area contributed by atoms with Gasteiger partial charge in [0.05, 0.1) is 0 Å². The van der Waals surface area contributed by atoms with E-state index in [1.807, 2.05) is 0 Å². The fraction of sp³-hybridized carbons (Fsp3) is 1.00. The summed E-state index contributed by atoms with van der Waals surface area (Å²) in [6, 6.07) is 0. The van der Waals surface area contributed by atoms with Gasteiger partial charge in [-0.1, -0.05) is 26.7 Å². The summed E-state index contributed by atoms with van der Waals surface area (Å²) in [6.45, 7) is 8.34. The van der Waals surface area contributed by atoms with E-state index in [2.05, 4.69) is 18.7 Å². The molecule has 1 aliphatic rings. The molecule has 0 bridgehead atoms. The molecule has 0 aromatic carbocycles. The second-order valence-corrected chi connectivity index (χ2v) is 5.45. The Bertz CT molecular complexity index is 161. The van der Waals surface area contributed by atoms with E-state index >= 15 is 0 Å². The van der Waals surface area contributed by atoms with Gasteiger partial charge in [-0.05, 0) is 44.2 Å². The fourth-order valence-corrected chi connectivity index (χ4v) is 2.69. The lowest BCUT2D eigenvalue weighted by Crippen LogP contribution is -2.30. The quantitative estimate of drug-likeness (QED) is 0.652. The van der Waals surface area contributed by atoms with Crippen molar-refractivity contribution < 1.29 is 0 Å². The zero-order valence-corrected chi connectivity index (χ0v) is 11.1. The molecule has 1 heterocycles. The van der Waals surface area contributed by atoms with Crippen molar-refractivity contribution in [3.05, 3.63) is 0 Å². The predicted molar refractivity (Wildman–Crippen MR) is 68.6 cm³/mol. The van der Waals surface area contributed by atoms with Gasteiger partial charge in [0.15, 0.2) is 0 Å². The Hall–Kier alpha value is 0.250. The summed E-state index contributed by atoms with van der Waals surface area (Å²) in [5.74, 6) is 2.44. The van der Waals surface area contributed by atoms with E-state index in [1.165, 1.54) is 51.7 Å². The van der Waals surface area contributed by atoms with Crippen LogP contribution in [-0.4, -0.2) is 30.4 Å². The van der Waals surface area contributed by atoms with Crippen LogP contribution in [0.2, 0.25) is 0 Å². The topological polar surface area (TPSA) is 3.24 Å². The predicted octanol–water partition coefficient (Wildman–Crippen LogP) is 3.76. The van der Waals surface area contributed by atoms with Gasteiger partial charge in [-0.25, -0.2) is 0 Å². The van der Waals surface area contributed by atoms with E-state index in [9.17, 15) is 0 Å². The summed E-state index contributed by atoms with van der Waals surface area (Å²) >= 11 is 5.86. The van der Waals surface area contributed by atoms with Gasteiger partial charge in [-0.2, -0.15) is 0 Å². The smallest absolute Gasteiger partial charge is 0.0261 e. The molecule has 15 heavy (non-hydrogen) atoms. The minimum atomic E-state index is 0.648. The number of hydrogen-bond acceptors (Lipinski definition) is 1. The molecule has 0 aliphatic carbocycles. The first-order chi connectivity index (χ1) is 7.26. The largest absolute Gasteiger partial charge is 0.303 e. The summed E-state index contributed by atoms with van der Waals surface area (Å²) < 4.78 is 0. The highest BCUT2D eigenvalue weighted by Gasteiger charge is 2.17. The minimum absolute atomic E-state index is 0.648. The molecule has 2 heteroatoms. The zero-order chi connectivity index (χ0) is 11.1. The Labute approximate surface area is 100 Å².